The molecule has 1 atom stereocenters. The van der Waals surface area contributed by atoms with Gasteiger partial charge in [0, 0.05) is 19.5 Å². The van der Waals surface area contributed by atoms with Gasteiger partial charge in [0.2, 0.25) is 17.6 Å². The molecule has 3 rings (SSSR count). The summed E-state index contributed by atoms with van der Waals surface area (Å²) in [5.74, 6) is 0.780. The Morgan fingerprint density at radius 2 is 2.30 bits per heavy atom. The molecule has 23 heavy (non-hydrogen) atoms. The number of rotatable bonds is 5. The highest BCUT2D eigenvalue weighted by atomic mass is 19.1. The van der Waals surface area contributed by atoms with Gasteiger partial charge in [-0.2, -0.15) is 4.98 Å². The summed E-state index contributed by atoms with van der Waals surface area (Å²) in [6, 6.07) is 6.16. The van der Waals surface area contributed by atoms with Gasteiger partial charge in [-0.05, 0) is 18.6 Å². The van der Waals surface area contributed by atoms with Crippen molar-refractivity contribution in [1.29, 1.82) is 0 Å². The number of amides is 1. The molecule has 1 aromatic heterocycles. The molecule has 0 radical (unpaired) electrons. The number of likely N-dealkylation sites (tertiary alicyclic amines) is 1. The molecular weight excluding hydrogens is 301 g/mol. The number of para-hydroxylation sites is 1. The maximum atomic E-state index is 13.5. The van der Waals surface area contributed by atoms with Crippen molar-refractivity contribution in [2.75, 3.05) is 13.1 Å². The third kappa shape index (κ3) is 3.49. The van der Waals surface area contributed by atoms with E-state index in [1.807, 2.05) is 11.8 Å². The van der Waals surface area contributed by atoms with Crippen molar-refractivity contribution in [2.45, 2.75) is 32.3 Å². The third-order valence-electron chi connectivity index (χ3n) is 3.87. The molecule has 0 bridgehead atoms. The van der Waals surface area contributed by atoms with E-state index in [2.05, 4.69) is 10.1 Å². The van der Waals surface area contributed by atoms with Gasteiger partial charge in [0.15, 0.2) is 18.2 Å². The minimum absolute atomic E-state index is 0.0365. The summed E-state index contributed by atoms with van der Waals surface area (Å²) in [6.07, 6.45) is 1.31. The maximum absolute atomic E-state index is 13.5. The molecule has 0 saturated carbocycles. The molecule has 1 aliphatic rings. The predicted octanol–water partition coefficient (Wildman–Crippen LogP) is 2.51. The molecule has 1 aromatic carbocycles. The molecule has 1 amide bonds. The predicted molar refractivity (Wildman–Crippen MR) is 79.3 cm³/mol. The Morgan fingerprint density at radius 1 is 1.48 bits per heavy atom. The van der Waals surface area contributed by atoms with E-state index < -0.39 is 5.82 Å². The highest BCUT2D eigenvalue weighted by Crippen LogP contribution is 2.26. The van der Waals surface area contributed by atoms with Gasteiger partial charge in [0.05, 0.1) is 5.92 Å². The molecule has 6 nitrogen and oxygen atoms in total. The van der Waals surface area contributed by atoms with Crippen molar-refractivity contribution in [3.05, 3.63) is 41.8 Å². The molecule has 0 spiro atoms. The van der Waals surface area contributed by atoms with E-state index in [0.717, 1.165) is 6.42 Å². The summed E-state index contributed by atoms with van der Waals surface area (Å²) in [6.45, 7) is 3.19. The topological polar surface area (TPSA) is 68.5 Å². The minimum Gasteiger partial charge on any atom is -0.482 e. The van der Waals surface area contributed by atoms with Crippen LogP contribution in [0, 0.1) is 5.82 Å². The fourth-order valence-electron chi connectivity index (χ4n) is 2.61. The van der Waals surface area contributed by atoms with Crippen LogP contribution in [0.25, 0.3) is 0 Å². The minimum atomic E-state index is -0.430. The van der Waals surface area contributed by atoms with Gasteiger partial charge in [0.1, 0.15) is 0 Å². The Balaban J connectivity index is 1.58. The van der Waals surface area contributed by atoms with Crippen molar-refractivity contribution >= 4 is 5.91 Å². The van der Waals surface area contributed by atoms with Crippen LogP contribution in [-0.4, -0.2) is 34.0 Å². The van der Waals surface area contributed by atoms with Crippen molar-refractivity contribution in [2.24, 2.45) is 0 Å². The normalized spacial score (nSPS) is 17.5. The second-order valence-corrected chi connectivity index (χ2v) is 5.45. The van der Waals surface area contributed by atoms with E-state index in [1.165, 1.54) is 6.07 Å². The van der Waals surface area contributed by atoms with E-state index in [1.54, 1.807) is 18.2 Å². The van der Waals surface area contributed by atoms with Gasteiger partial charge in [-0.25, -0.2) is 4.39 Å². The zero-order valence-electron chi connectivity index (χ0n) is 12.9. The first-order valence-corrected chi connectivity index (χ1v) is 7.65. The van der Waals surface area contributed by atoms with Crippen LogP contribution in [0.2, 0.25) is 0 Å². The number of aromatic nitrogens is 2. The molecule has 2 aromatic rings. The zero-order valence-corrected chi connectivity index (χ0v) is 12.9. The quantitative estimate of drug-likeness (QED) is 0.847. The van der Waals surface area contributed by atoms with Crippen LogP contribution in [0.5, 0.6) is 5.75 Å². The van der Waals surface area contributed by atoms with E-state index >= 15 is 0 Å². The number of halogens is 1. The molecule has 7 heteroatoms. The standard InChI is InChI=1S/C16H18FN3O3/c1-2-15(21)20-8-7-11(9-20)16-18-14(19-23-16)10-22-13-6-4-3-5-12(13)17/h3-6,11H,2,7-10H2,1H3/t11-/m0/s1. The lowest BCUT2D eigenvalue weighted by atomic mass is 10.1. The maximum Gasteiger partial charge on any atom is 0.231 e. The summed E-state index contributed by atoms with van der Waals surface area (Å²) >= 11 is 0. The second-order valence-electron chi connectivity index (χ2n) is 5.45. The Hall–Kier alpha value is -2.44. The monoisotopic (exact) mass is 319 g/mol. The van der Waals surface area contributed by atoms with Gasteiger partial charge < -0.3 is 14.2 Å². The van der Waals surface area contributed by atoms with Crippen molar-refractivity contribution in [1.82, 2.24) is 15.0 Å². The van der Waals surface area contributed by atoms with Crippen molar-refractivity contribution in [3.63, 3.8) is 0 Å². The van der Waals surface area contributed by atoms with Gasteiger partial charge in [-0.15, -0.1) is 0 Å². The molecule has 0 unspecified atom stereocenters. The Bertz CT molecular complexity index is 689. The first kappa shape index (κ1) is 15.5. The first-order chi connectivity index (χ1) is 11.2. The Kier molecular flexibility index (Phi) is 4.55. The third-order valence-corrected chi connectivity index (χ3v) is 3.87. The molecule has 122 valence electrons. The van der Waals surface area contributed by atoms with Crippen LogP contribution < -0.4 is 4.74 Å². The molecule has 0 aliphatic carbocycles. The van der Waals surface area contributed by atoms with Crippen molar-refractivity contribution < 1.29 is 18.4 Å². The lowest BCUT2D eigenvalue weighted by molar-refractivity contribution is -0.129. The van der Waals surface area contributed by atoms with Gasteiger partial charge in [0.25, 0.3) is 0 Å². The number of ether oxygens (including phenoxy) is 1. The molecule has 2 heterocycles. The number of nitrogens with zero attached hydrogens (tertiary/aromatic N) is 3. The lowest BCUT2D eigenvalue weighted by Gasteiger charge is -2.13. The van der Waals surface area contributed by atoms with E-state index in [0.29, 0.717) is 31.2 Å². The van der Waals surface area contributed by atoms with Crippen LogP contribution in [0.4, 0.5) is 4.39 Å². The fraction of sp³-hybridized carbons (Fsp3) is 0.438. The number of benzene rings is 1. The smallest absolute Gasteiger partial charge is 0.231 e. The number of carbonyl (C=O) groups is 1. The molecule has 1 fully saturated rings. The SMILES string of the molecule is CCC(=O)N1CC[C@H](c2nc(COc3ccccc3F)no2)C1. The van der Waals surface area contributed by atoms with Crippen LogP contribution >= 0.6 is 0 Å². The van der Waals surface area contributed by atoms with Crippen LogP contribution in [0.1, 0.15) is 37.4 Å². The van der Waals surface area contributed by atoms with E-state index in [-0.39, 0.29) is 24.2 Å². The highest BCUT2D eigenvalue weighted by Gasteiger charge is 2.30. The number of hydrogen-bond acceptors (Lipinski definition) is 5. The number of carbonyl (C=O) groups excluding carboxylic acids is 1. The first-order valence-electron chi connectivity index (χ1n) is 7.65. The molecule has 1 saturated heterocycles. The molecule has 0 N–H and O–H groups in total. The summed E-state index contributed by atoms with van der Waals surface area (Å²) < 4.78 is 24.1. The summed E-state index contributed by atoms with van der Waals surface area (Å²) in [7, 11) is 0. The van der Waals surface area contributed by atoms with Crippen LogP contribution in [0.3, 0.4) is 0 Å². The summed E-state index contributed by atoms with van der Waals surface area (Å²) in [4.78, 5) is 17.8. The fourth-order valence-corrected chi connectivity index (χ4v) is 2.61. The molecular formula is C16H18FN3O3. The average molecular weight is 319 g/mol. The average Bonchev–Trinajstić information content (AvgIpc) is 3.22. The van der Waals surface area contributed by atoms with Crippen LogP contribution in [-0.2, 0) is 11.4 Å². The zero-order chi connectivity index (χ0) is 16.2. The van der Waals surface area contributed by atoms with Crippen LogP contribution in [0.15, 0.2) is 28.8 Å². The lowest BCUT2D eigenvalue weighted by Crippen LogP contribution is -2.27. The van der Waals surface area contributed by atoms with E-state index in [9.17, 15) is 9.18 Å². The Morgan fingerprint density at radius 3 is 3.09 bits per heavy atom. The van der Waals surface area contributed by atoms with Gasteiger partial charge in [-0.3, -0.25) is 4.79 Å². The number of hydrogen-bond donors (Lipinski definition) is 0. The molecule has 1 aliphatic heterocycles. The summed E-state index contributed by atoms with van der Waals surface area (Å²) in [5, 5.41) is 3.86. The van der Waals surface area contributed by atoms with Gasteiger partial charge in [-0.1, -0.05) is 24.2 Å². The van der Waals surface area contributed by atoms with Gasteiger partial charge >= 0.3 is 0 Å². The van der Waals surface area contributed by atoms with E-state index in [4.69, 9.17) is 9.26 Å². The summed E-state index contributed by atoms with van der Waals surface area (Å²) in [5.41, 5.74) is 0. The second kappa shape index (κ2) is 6.76. The Labute approximate surface area is 133 Å². The van der Waals surface area contributed by atoms with Crippen molar-refractivity contribution in [3.8, 4) is 5.75 Å². The largest absolute Gasteiger partial charge is 0.482 e. The highest BCUT2D eigenvalue weighted by molar-refractivity contribution is 5.76.